The van der Waals surface area contributed by atoms with Crippen LogP contribution in [-0.2, 0) is 22.7 Å². The summed E-state index contributed by atoms with van der Waals surface area (Å²) in [5, 5.41) is 10.7. The van der Waals surface area contributed by atoms with Crippen molar-refractivity contribution in [1.29, 1.82) is 0 Å². The van der Waals surface area contributed by atoms with Crippen molar-refractivity contribution >= 4 is 17.7 Å². The van der Waals surface area contributed by atoms with E-state index in [1.165, 1.54) is 18.4 Å². The number of imide groups is 1. The zero-order valence-electron chi connectivity index (χ0n) is 21.1. The lowest BCUT2D eigenvalue weighted by Crippen LogP contribution is -2.52. The number of piperidine rings is 2. The van der Waals surface area contributed by atoms with Crippen molar-refractivity contribution in [3.05, 3.63) is 71.5 Å². The van der Waals surface area contributed by atoms with Gasteiger partial charge in [0.1, 0.15) is 18.4 Å². The van der Waals surface area contributed by atoms with E-state index in [1.807, 2.05) is 24.3 Å². The Bertz CT molecular complexity index is 1340. The molecule has 1 aromatic heterocycles. The Morgan fingerprint density at radius 1 is 0.974 bits per heavy atom. The highest BCUT2D eigenvalue weighted by Gasteiger charge is 2.39. The second kappa shape index (κ2) is 10.4. The molecule has 3 aliphatic rings. The van der Waals surface area contributed by atoms with Gasteiger partial charge >= 0.3 is 0 Å². The number of hydrogen-bond donors (Lipinski definition) is 1. The van der Waals surface area contributed by atoms with Crippen molar-refractivity contribution in [2.75, 3.05) is 13.2 Å². The SMILES string of the molecule is O=C1CCC(N2Cc3cc(OC[C@H]4CCCCN4Cc4ccc(-n5nccn5)cc4)ccc3C2=O)C(=O)N1. The van der Waals surface area contributed by atoms with Crippen LogP contribution < -0.4 is 10.1 Å². The second-order valence-corrected chi connectivity index (χ2v) is 10.1. The quantitative estimate of drug-likeness (QED) is 0.483. The van der Waals surface area contributed by atoms with E-state index in [4.69, 9.17) is 4.74 Å². The molecule has 0 spiro atoms. The molecule has 10 nitrogen and oxygen atoms in total. The normalized spacial score (nSPS) is 21.9. The molecule has 2 atom stereocenters. The first-order valence-electron chi connectivity index (χ1n) is 13.2. The minimum atomic E-state index is -0.613. The molecule has 4 heterocycles. The molecule has 0 radical (unpaired) electrons. The molecule has 6 rings (SSSR count). The summed E-state index contributed by atoms with van der Waals surface area (Å²) >= 11 is 0. The van der Waals surface area contributed by atoms with Crippen LogP contribution in [0.2, 0.25) is 0 Å². The lowest BCUT2D eigenvalue weighted by molar-refractivity contribution is -0.136. The highest BCUT2D eigenvalue weighted by atomic mass is 16.5. The number of ether oxygens (including phenoxy) is 1. The smallest absolute Gasteiger partial charge is 0.255 e. The van der Waals surface area contributed by atoms with Gasteiger partial charge in [-0.3, -0.25) is 24.6 Å². The molecule has 10 heteroatoms. The van der Waals surface area contributed by atoms with Crippen LogP contribution in [0.1, 0.15) is 53.6 Å². The van der Waals surface area contributed by atoms with Crippen LogP contribution in [0, 0.1) is 0 Å². The van der Waals surface area contributed by atoms with Crippen molar-refractivity contribution < 1.29 is 19.1 Å². The molecule has 0 aliphatic carbocycles. The van der Waals surface area contributed by atoms with E-state index >= 15 is 0 Å². The summed E-state index contributed by atoms with van der Waals surface area (Å²) < 4.78 is 6.24. The molecule has 0 bridgehead atoms. The van der Waals surface area contributed by atoms with Gasteiger partial charge in [0.25, 0.3) is 5.91 Å². The van der Waals surface area contributed by atoms with Crippen molar-refractivity contribution in [1.82, 2.24) is 30.1 Å². The third kappa shape index (κ3) is 4.91. The molecule has 3 amide bonds. The highest BCUT2D eigenvalue weighted by Crippen LogP contribution is 2.30. The molecular formula is C28H30N6O4. The van der Waals surface area contributed by atoms with Gasteiger partial charge in [-0.2, -0.15) is 15.0 Å². The van der Waals surface area contributed by atoms with E-state index in [0.29, 0.717) is 31.2 Å². The van der Waals surface area contributed by atoms with E-state index in [-0.39, 0.29) is 18.2 Å². The zero-order chi connectivity index (χ0) is 26.1. The lowest BCUT2D eigenvalue weighted by atomic mass is 10.0. The van der Waals surface area contributed by atoms with Crippen LogP contribution >= 0.6 is 0 Å². The van der Waals surface area contributed by atoms with Crippen LogP contribution in [0.4, 0.5) is 0 Å². The maximum atomic E-state index is 12.9. The molecular weight excluding hydrogens is 484 g/mol. The molecule has 2 aromatic carbocycles. The summed E-state index contributed by atoms with van der Waals surface area (Å²) in [6, 6.07) is 13.5. The third-order valence-electron chi connectivity index (χ3n) is 7.66. The number of hydrogen-bond acceptors (Lipinski definition) is 7. The Morgan fingerprint density at radius 2 is 1.79 bits per heavy atom. The fourth-order valence-electron chi connectivity index (χ4n) is 5.61. The summed E-state index contributed by atoms with van der Waals surface area (Å²) in [6.07, 6.45) is 7.35. The molecule has 1 N–H and O–H groups in total. The fraction of sp³-hybridized carbons (Fsp3) is 0.393. The number of carbonyl (C=O) groups excluding carboxylic acids is 3. The number of aromatic nitrogens is 3. The van der Waals surface area contributed by atoms with Crippen molar-refractivity contribution in [2.24, 2.45) is 0 Å². The Balaban J connectivity index is 1.08. The first-order chi connectivity index (χ1) is 18.5. The molecule has 1 unspecified atom stereocenters. The lowest BCUT2D eigenvalue weighted by Gasteiger charge is -2.35. The minimum Gasteiger partial charge on any atom is -0.492 e. The van der Waals surface area contributed by atoms with Crippen molar-refractivity contribution in [3.63, 3.8) is 0 Å². The number of likely N-dealkylation sites (tertiary alicyclic amines) is 1. The van der Waals surface area contributed by atoms with Crippen LogP contribution in [-0.4, -0.2) is 67.8 Å². The number of fused-ring (bicyclic) bond motifs is 1. The monoisotopic (exact) mass is 514 g/mol. The first-order valence-corrected chi connectivity index (χ1v) is 13.2. The summed E-state index contributed by atoms with van der Waals surface area (Å²) in [6.45, 7) is 2.78. The van der Waals surface area contributed by atoms with Gasteiger partial charge in [0, 0.05) is 31.1 Å². The van der Waals surface area contributed by atoms with Crippen LogP contribution in [0.25, 0.3) is 5.69 Å². The third-order valence-corrected chi connectivity index (χ3v) is 7.66. The van der Waals surface area contributed by atoms with Crippen LogP contribution in [0.5, 0.6) is 5.75 Å². The average molecular weight is 515 g/mol. The van der Waals surface area contributed by atoms with Gasteiger partial charge in [0.15, 0.2) is 0 Å². The summed E-state index contributed by atoms with van der Waals surface area (Å²) in [4.78, 5) is 42.4. The fourth-order valence-corrected chi connectivity index (χ4v) is 5.61. The van der Waals surface area contributed by atoms with Gasteiger partial charge in [0.2, 0.25) is 11.8 Å². The van der Waals surface area contributed by atoms with Gasteiger partial charge in [-0.1, -0.05) is 18.6 Å². The number of carbonyl (C=O) groups is 3. The van der Waals surface area contributed by atoms with Crippen LogP contribution in [0.3, 0.4) is 0 Å². The molecule has 2 saturated heterocycles. The maximum Gasteiger partial charge on any atom is 0.255 e. The average Bonchev–Trinajstić information content (AvgIpc) is 3.57. The number of benzene rings is 2. The van der Waals surface area contributed by atoms with Crippen molar-refractivity contribution in [3.8, 4) is 11.4 Å². The number of nitrogens with zero attached hydrogens (tertiary/aromatic N) is 5. The minimum absolute atomic E-state index is 0.172. The molecule has 0 saturated carbocycles. The van der Waals surface area contributed by atoms with Gasteiger partial charge in [-0.15, -0.1) is 0 Å². The van der Waals surface area contributed by atoms with Crippen molar-refractivity contribution in [2.45, 2.75) is 57.3 Å². The Kier molecular flexibility index (Phi) is 6.63. The number of rotatable bonds is 7. The predicted molar refractivity (Wildman–Crippen MR) is 137 cm³/mol. The van der Waals surface area contributed by atoms with E-state index in [1.54, 1.807) is 28.2 Å². The first kappa shape index (κ1) is 24.3. The molecule has 3 aromatic rings. The summed E-state index contributed by atoms with van der Waals surface area (Å²) in [5.41, 5.74) is 3.61. The standard InChI is InChI=1S/C28H30N6O4/c35-26-11-10-25(27(36)31-26)33-17-20-15-23(8-9-24(20)28(33)37)38-18-22-3-1-2-14-32(22)16-19-4-6-21(7-5-19)34-29-12-13-30-34/h4-9,12-13,15,22,25H,1-3,10-11,14,16-18H2,(H,31,35,36)/t22-,25?/m1/s1. The number of amides is 3. The Labute approximate surface area is 220 Å². The Morgan fingerprint density at radius 3 is 2.58 bits per heavy atom. The largest absolute Gasteiger partial charge is 0.492 e. The zero-order valence-corrected chi connectivity index (χ0v) is 21.1. The topological polar surface area (TPSA) is 110 Å². The summed E-state index contributed by atoms with van der Waals surface area (Å²) in [5.74, 6) is -0.132. The molecule has 2 fully saturated rings. The summed E-state index contributed by atoms with van der Waals surface area (Å²) in [7, 11) is 0. The molecule has 3 aliphatic heterocycles. The van der Waals surface area contributed by atoms with Gasteiger partial charge < -0.3 is 9.64 Å². The predicted octanol–water partition coefficient (Wildman–Crippen LogP) is 2.46. The molecule has 38 heavy (non-hydrogen) atoms. The highest BCUT2D eigenvalue weighted by molar-refractivity contribution is 6.05. The van der Waals surface area contributed by atoms with E-state index in [9.17, 15) is 14.4 Å². The number of nitrogens with one attached hydrogen (secondary N) is 1. The van der Waals surface area contributed by atoms with E-state index < -0.39 is 11.9 Å². The van der Waals surface area contributed by atoms with E-state index in [0.717, 1.165) is 36.5 Å². The maximum absolute atomic E-state index is 12.9. The molecule has 196 valence electrons. The van der Waals surface area contributed by atoms with Crippen LogP contribution in [0.15, 0.2) is 54.9 Å². The van der Waals surface area contributed by atoms with E-state index in [2.05, 4.69) is 32.5 Å². The second-order valence-electron chi connectivity index (χ2n) is 10.1. The van der Waals surface area contributed by atoms with Gasteiger partial charge in [-0.25, -0.2) is 0 Å². The Hall–Kier alpha value is -4.05. The van der Waals surface area contributed by atoms with Gasteiger partial charge in [-0.05, 0) is 67.3 Å². The van der Waals surface area contributed by atoms with Gasteiger partial charge in [0.05, 0.1) is 18.1 Å².